The number of ether oxygens (including phenoxy) is 1. The van der Waals surface area contributed by atoms with Gasteiger partial charge in [0.15, 0.2) is 0 Å². The van der Waals surface area contributed by atoms with Crippen LogP contribution in [0.25, 0.3) is 11.0 Å². The van der Waals surface area contributed by atoms with Crippen LogP contribution in [0.1, 0.15) is 21.5 Å². The van der Waals surface area contributed by atoms with Crippen LogP contribution in [0.4, 0.5) is 15.9 Å². The fraction of sp³-hybridized carbons (Fsp3) is 0.375. The van der Waals surface area contributed by atoms with Crippen molar-refractivity contribution in [2.45, 2.75) is 13.5 Å². The minimum absolute atomic E-state index is 0.109. The molecular formula is C24H28FN5O2. The lowest BCUT2D eigenvalue weighted by atomic mass is 10.1. The van der Waals surface area contributed by atoms with Crippen LogP contribution in [0.3, 0.4) is 0 Å². The molecule has 3 aromatic rings. The predicted octanol–water partition coefficient (Wildman–Crippen LogP) is 3.25. The number of amides is 1. The first-order valence-corrected chi connectivity index (χ1v) is 10.7. The zero-order valence-electron chi connectivity index (χ0n) is 18.9. The predicted molar refractivity (Wildman–Crippen MR) is 124 cm³/mol. The molecule has 8 heteroatoms. The van der Waals surface area contributed by atoms with Gasteiger partial charge >= 0.3 is 0 Å². The highest BCUT2D eigenvalue weighted by molar-refractivity contribution is 6.01. The topological polar surface area (TPSA) is 61.8 Å². The van der Waals surface area contributed by atoms with Gasteiger partial charge in [-0.3, -0.25) is 9.78 Å². The molecule has 168 valence electrons. The Kier molecular flexibility index (Phi) is 6.23. The summed E-state index contributed by atoms with van der Waals surface area (Å²) in [6, 6.07) is 8.71. The van der Waals surface area contributed by atoms with Crippen LogP contribution < -0.4 is 9.80 Å². The number of carbonyl (C=O) groups is 1. The molecule has 0 aliphatic carbocycles. The van der Waals surface area contributed by atoms with Gasteiger partial charge in [-0.05, 0) is 36.2 Å². The van der Waals surface area contributed by atoms with Crippen molar-refractivity contribution in [1.29, 1.82) is 0 Å². The standard InChI is InChI=1S/C24H28FN5O2/c1-16-17(6-5-7-19(16)25)15-29(4)21-13-18(24(31)28(2)3)12-20-23(21)27-22(14-26-20)30-8-10-32-11-9-30/h5-7,12-14H,8-11,15H2,1-4H3. The first-order chi connectivity index (χ1) is 15.3. The maximum atomic E-state index is 14.1. The van der Waals surface area contributed by atoms with Gasteiger partial charge in [-0.25, -0.2) is 9.37 Å². The molecule has 0 bridgehead atoms. The van der Waals surface area contributed by atoms with Crippen molar-refractivity contribution in [3.8, 4) is 0 Å². The number of benzene rings is 2. The number of hydrogen-bond acceptors (Lipinski definition) is 6. The van der Waals surface area contributed by atoms with Crippen molar-refractivity contribution in [2.75, 3.05) is 57.2 Å². The van der Waals surface area contributed by atoms with E-state index in [1.54, 1.807) is 39.3 Å². The van der Waals surface area contributed by atoms with E-state index in [1.165, 1.54) is 11.0 Å². The Morgan fingerprint density at radius 2 is 1.94 bits per heavy atom. The van der Waals surface area contributed by atoms with Gasteiger partial charge < -0.3 is 19.4 Å². The monoisotopic (exact) mass is 437 g/mol. The number of carbonyl (C=O) groups excluding carboxylic acids is 1. The summed E-state index contributed by atoms with van der Waals surface area (Å²) >= 11 is 0. The quantitative estimate of drug-likeness (QED) is 0.611. The number of halogens is 1. The molecule has 0 atom stereocenters. The van der Waals surface area contributed by atoms with Crippen LogP contribution in [-0.2, 0) is 11.3 Å². The molecule has 1 saturated heterocycles. The summed E-state index contributed by atoms with van der Waals surface area (Å²) in [5.41, 5.74) is 4.16. The smallest absolute Gasteiger partial charge is 0.253 e. The molecular weight excluding hydrogens is 409 g/mol. The van der Waals surface area contributed by atoms with Crippen molar-refractivity contribution in [2.24, 2.45) is 0 Å². The Morgan fingerprint density at radius 1 is 1.19 bits per heavy atom. The highest BCUT2D eigenvalue weighted by atomic mass is 19.1. The third kappa shape index (κ3) is 4.36. The highest BCUT2D eigenvalue weighted by Crippen LogP contribution is 2.30. The average molecular weight is 438 g/mol. The second-order valence-electron chi connectivity index (χ2n) is 8.27. The van der Waals surface area contributed by atoms with Gasteiger partial charge in [0, 0.05) is 46.3 Å². The van der Waals surface area contributed by atoms with E-state index in [9.17, 15) is 9.18 Å². The zero-order chi connectivity index (χ0) is 22.8. The van der Waals surface area contributed by atoms with E-state index >= 15 is 0 Å². The van der Waals surface area contributed by atoms with Gasteiger partial charge in [0.2, 0.25) is 0 Å². The van der Waals surface area contributed by atoms with Crippen molar-refractivity contribution < 1.29 is 13.9 Å². The summed E-state index contributed by atoms with van der Waals surface area (Å²) in [4.78, 5) is 28.0. The number of nitrogens with zero attached hydrogens (tertiary/aromatic N) is 5. The molecule has 0 unspecified atom stereocenters. The normalized spacial score (nSPS) is 14.0. The Bertz CT molecular complexity index is 1140. The van der Waals surface area contributed by atoms with E-state index in [0.717, 1.165) is 30.2 Å². The molecule has 32 heavy (non-hydrogen) atoms. The van der Waals surface area contributed by atoms with Crippen molar-refractivity contribution in [1.82, 2.24) is 14.9 Å². The molecule has 1 fully saturated rings. The molecule has 1 aromatic heterocycles. The fourth-order valence-corrected chi connectivity index (χ4v) is 3.87. The summed E-state index contributed by atoms with van der Waals surface area (Å²) in [6.07, 6.45) is 1.75. The number of rotatable bonds is 5. The molecule has 0 spiro atoms. The molecule has 2 heterocycles. The molecule has 0 N–H and O–H groups in total. The van der Waals surface area contributed by atoms with Gasteiger partial charge in [0.25, 0.3) is 5.91 Å². The summed E-state index contributed by atoms with van der Waals surface area (Å²) in [6.45, 7) is 5.07. The second kappa shape index (κ2) is 9.08. The summed E-state index contributed by atoms with van der Waals surface area (Å²) in [5.74, 6) is 0.443. The maximum absolute atomic E-state index is 14.1. The summed E-state index contributed by atoms with van der Waals surface area (Å²) in [5, 5.41) is 0. The number of aromatic nitrogens is 2. The number of hydrogen-bond donors (Lipinski definition) is 0. The zero-order valence-corrected chi connectivity index (χ0v) is 18.9. The van der Waals surface area contributed by atoms with Crippen molar-refractivity contribution in [3.63, 3.8) is 0 Å². The highest BCUT2D eigenvalue weighted by Gasteiger charge is 2.19. The SMILES string of the molecule is Cc1c(F)cccc1CN(C)c1cc(C(=O)N(C)C)cc2ncc(N3CCOCC3)nc12. The Balaban J connectivity index is 1.80. The first-order valence-electron chi connectivity index (χ1n) is 10.7. The molecule has 0 saturated carbocycles. The third-order valence-corrected chi connectivity index (χ3v) is 5.80. The van der Waals surface area contributed by atoms with E-state index in [4.69, 9.17) is 9.72 Å². The largest absolute Gasteiger partial charge is 0.378 e. The lowest BCUT2D eigenvalue weighted by molar-refractivity contribution is 0.0827. The van der Waals surface area contributed by atoms with E-state index < -0.39 is 0 Å². The van der Waals surface area contributed by atoms with Gasteiger partial charge in [0.05, 0.1) is 30.6 Å². The van der Waals surface area contributed by atoms with Gasteiger partial charge in [0.1, 0.15) is 17.2 Å². The number of fused-ring (bicyclic) bond motifs is 1. The van der Waals surface area contributed by atoms with Crippen LogP contribution in [0, 0.1) is 12.7 Å². The molecule has 7 nitrogen and oxygen atoms in total. The molecule has 1 aliphatic heterocycles. The Morgan fingerprint density at radius 3 is 2.66 bits per heavy atom. The first kappa shape index (κ1) is 22.0. The summed E-state index contributed by atoms with van der Waals surface area (Å²) < 4.78 is 19.5. The number of morpholine rings is 1. The Labute approximate surface area is 187 Å². The average Bonchev–Trinajstić information content (AvgIpc) is 2.81. The van der Waals surface area contributed by atoms with E-state index in [0.29, 0.717) is 41.9 Å². The molecule has 0 radical (unpaired) electrons. The minimum atomic E-state index is -0.230. The number of anilines is 2. The lowest BCUT2D eigenvalue weighted by Crippen LogP contribution is -2.36. The van der Waals surface area contributed by atoms with Gasteiger partial charge in [-0.15, -0.1) is 0 Å². The van der Waals surface area contributed by atoms with E-state index in [2.05, 4.69) is 9.88 Å². The molecule has 1 amide bonds. The van der Waals surface area contributed by atoms with Crippen LogP contribution >= 0.6 is 0 Å². The lowest BCUT2D eigenvalue weighted by Gasteiger charge is -2.28. The second-order valence-corrected chi connectivity index (χ2v) is 8.27. The van der Waals surface area contributed by atoms with Crippen LogP contribution in [0.5, 0.6) is 0 Å². The van der Waals surface area contributed by atoms with Crippen molar-refractivity contribution in [3.05, 3.63) is 59.0 Å². The van der Waals surface area contributed by atoms with E-state index in [1.807, 2.05) is 24.1 Å². The molecule has 4 rings (SSSR count). The minimum Gasteiger partial charge on any atom is -0.378 e. The Hall–Kier alpha value is -3.26. The molecule has 2 aromatic carbocycles. The van der Waals surface area contributed by atoms with Crippen LogP contribution in [-0.4, -0.2) is 68.2 Å². The van der Waals surface area contributed by atoms with Gasteiger partial charge in [-0.2, -0.15) is 0 Å². The fourth-order valence-electron chi connectivity index (χ4n) is 3.87. The van der Waals surface area contributed by atoms with Gasteiger partial charge in [-0.1, -0.05) is 12.1 Å². The maximum Gasteiger partial charge on any atom is 0.253 e. The third-order valence-electron chi connectivity index (χ3n) is 5.80. The van der Waals surface area contributed by atoms with E-state index in [-0.39, 0.29) is 11.7 Å². The van der Waals surface area contributed by atoms with Crippen LogP contribution in [0.2, 0.25) is 0 Å². The van der Waals surface area contributed by atoms with Crippen LogP contribution in [0.15, 0.2) is 36.5 Å². The summed E-state index contributed by atoms with van der Waals surface area (Å²) in [7, 11) is 5.37. The molecule has 1 aliphatic rings. The van der Waals surface area contributed by atoms with Crippen molar-refractivity contribution >= 4 is 28.4 Å².